The Bertz CT molecular complexity index is 1510. The zero-order chi connectivity index (χ0) is 29.3. The first-order chi connectivity index (χ1) is 20.4. The third kappa shape index (κ3) is 5.61. The monoisotopic (exact) mass is 571 g/mol. The second-order valence-electron chi connectivity index (χ2n) is 11.7. The number of halogens is 1. The van der Waals surface area contributed by atoms with Gasteiger partial charge in [-0.3, -0.25) is 4.79 Å². The number of anilines is 1. The Hall–Kier alpha value is -4.23. The highest BCUT2D eigenvalue weighted by Gasteiger charge is 2.54. The molecule has 2 aromatic heterocycles. The summed E-state index contributed by atoms with van der Waals surface area (Å²) in [6, 6.07) is 13.7. The van der Waals surface area contributed by atoms with Crippen LogP contribution in [-0.2, 0) is 0 Å². The van der Waals surface area contributed by atoms with Gasteiger partial charge in [0.2, 0.25) is 5.88 Å². The van der Waals surface area contributed by atoms with E-state index in [2.05, 4.69) is 21.3 Å². The molecule has 2 unspecified atom stereocenters. The van der Waals surface area contributed by atoms with E-state index in [1.165, 1.54) is 12.1 Å². The van der Waals surface area contributed by atoms with E-state index in [1.54, 1.807) is 24.4 Å². The lowest BCUT2D eigenvalue weighted by Gasteiger charge is -2.59. The largest absolute Gasteiger partial charge is 0.488 e. The number of aliphatic hydroxyl groups excluding tert-OH is 1. The number of nitrogens with one attached hydrogen (secondary N) is 1. The van der Waals surface area contributed by atoms with Gasteiger partial charge in [-0.15, -0.1) is 0 Å². The number of amides is 1. The number of nitriles is 1. The number of carbonyl (C=O) groups is 1. The van der Waals surface area contributed by atoms with Crippen molar-refractivity contribution in [3.63, 3.8) is 0 Å². The average molecular weight is 572 g/mol. The number of benzene rings is 1. The van der Waals surface area contributed by atoms with Crippen LogP contribution in [0, 0.1) is 28.5 Å². The van der Waals surface area contributed by atoms with E-state index >= 15 is 0 Å². The van der Waals surface area contributed by atoms with E-state index in [4.69, 9.17) is 14.5 Å². The van der Waals surface area contributed by atoms with Crippen LogP contribution in [0.2, 0.25) is 0 Å². The minimum absolute atomic E-state index is 0.0719. The lowest BCUT2D eigenvalue weighted by atomic mass is 9.61. The van der Waals surface area contributed by atoms with Gasteiger partial charge in [0.25, 0.3) is 5.91 Å². The summed E-state index contributed by atoms with van der Waals surface area (Å²) in [5.41, 5.74) is 2.63. The number of ether oxygens (including phenoxy) is 2. The molecule has 6 rings (SSSR count). The van der Waals surface area contributed by atoms with Gasteiger partial charge in [0, 0.05) is 31.2 Å². The second-order valence-corrected chi connectivity index (χ2v) is 11.7. The van der Waals surface area contributed by atoms with E-state index in [1.807, 2.05) is 19.1 Å². The summed E-state index contributed by atoms with van der Waals surface area (Å²) in [5.74, 6) is 0.365. The van der Waals surface area contributed by atoms with Crippen molar-refractivity contribution in [2.75, 3.05) is 31.1 Å². The summed E-state index contributed by atoms with van der Waals surface area (Å²) in [5, 5.41) is 22.3. The number of hydrogen-bond acceptors (Lipinski definition) is 8. The van der Waals surface area contributed by atoms with Crippen LogP contribution < -0.4 is 19.7 Å². The highest BCUT2D eigenvalue weighted by molar-refractivity contribution is 5.95. The molecule has 2 saturated carbocycles. The lowest BCUT2D eigenvalue weighted by Crippen LogP contribution is -2.65. The van der Waals surface area contributed by atoms with Crippen LogP contribution in [0.25, 0.3) is 11.3 Å². The van der Waals surface area contributed by atoms with Crippen LogP contribution >= 0.6 is 0 Å². The fourth-order valence-electron chi connectivity index (χ4n) is 6.48. The second kappa shape index (κ2) is 11.6. The third-order valence-electron chi connectivity index (χ3n) is 8.55. The van der Waals surface area contributed by atoms with Gasteiger partial charge in [-0.05, 0) is 87.4 Å². The smallest absolute Gasteiger partial charge is 0.273 e. The van der Waals surface area contributed by atoms with Gasteiger partial charge >= 0.3 is 0 Å². The number of nitrogens with zero attached hydrogens (tertiary/aromatic N) is 4. The number of hydrogen-bond donors (Lipinski definition) is 2. The van der Waals surface area contributed by atoms with Crippen molar-refractivity contribution in [2.45, 2.75) is 51.2 Å². The van der Waals surface area contributed by atoms with Crippen LogP contribution in [0.1, 0.15) is 55.1 Å². The summed E-state index contributed by atoms with van der Waals surface area (Å²) >= 11 is 0. The zero-order valence-electron chi connectivity index (χ0n) is 23.6. The highest BCUT2D eigenvalue weighted by Crippen LogP contribution is 2.51. The fourth-order valence-corrected chi connectivity index (χ4v) is 6.48. The molecular formula is C32H34FN5O4. The van der Waals surface area contributed by atoms with E-state index in [0.29, 0.717) is 48.0 Å². The number of pyridine rings is 2. The molecule has 0 radical (unpaired) electrons. The Morgan fingerprint density at radius 2 is 2.07 bits per heavy atom. The normalized spacial score (nSPS) is 20.9. The summed E-state index contributed by atoms with van der Waals surface area (Å²) in [4.78, 5) is 24.6. The molecule has 1 aliphatic heterocycles. The van der Waals surface area contributed by atoms with Crippen molar-refractivity contribution in [1.82, 2.24) is 15.3 Å². The van der Waals surface area contributed by atoms with Crippen molar-refractivity contribution in [3.05, 3.63) is 65.7 Å². The molecule has 3 aliphatic rings. The maximum atomic E-state index is 13.6. The van der Waals surface area contributed by atoms with Crippen molar-refractivity contribution in [2.24, 2.45) is 11.3 Å². The van der Waals surface area contributed by atoms with Gasteiger partial charge in [-0.1, -0.05) is 0 Å². The first-order valence-electron chi connectivity index (χ1n) is 14.5. The Labute approximate surface area is 244 Å². The molecule has 9 nitrogen and oxygen atoms in total. The number of aliphatic hydroxyl groups is 1. The van der Waals surface area contributed by atoms with E-state index in [0.717, 1.165) is 44.5 Å². The minimum atomic E-state index is -0.416. The Balaban J connectivity index is 1.16. The van der Waals surface area contributed by atoms with Crippen molar-refractivity contribution < 1.29 is 23.8 Å². The molecule has 1 saturated heterocycles. The first kappa shape index (κ1) is 27.9. The zero-order valence-corrected chi connectivity index (χ0v) is 23.6. The molecular weight excluding hydrogens is 537 g/mol. The molecule has 42 heavy (non-hydrogen) atoms. The topological polar surface area (TPSA) is 121 Å². The average Bonchev–Trinajstić information content (AvgIpc) is 3.38. The summed E-state index contributed by atoms with van der Waals surface area (Å²) < 4.78 is 25.6. The molecule has 2 N–H and O–H groups in total. The molecule has 0 bridgehead atoms. The number of carbonyl (C=O) groups excluding carboxylic acids is 1. The van der Waals surface area contributed by atoms with Crippen molar-refractivity contribution in [3.8, 4) is 29.0 Å². The predicted molar refractivity (Wildman–Crippen MR) is 154 cm³/mol. The summed E-state index contributed by atoms with van der Waals surface area (Å²) in [6.45, 7) is 4.34. The van der Waals surface area contributed by atoms with Gasteiger partial charge in [0.05, 0.1) is 35.2 Å². The summed E-state index contributed by atoms with van der Waals surface area (Å²) in [6.07, 6.45) is 5.21. The van der Waals surface area contributed by atoms with Gasteiger partial charge in [-0.2, -0.15) is 5.26 Å². The minimum Gasteiger partial charge on any atom is -0.488 e. The summed E-state index contributed by atoms with van der Waals surface area (Å²) in [7, 11) is 0. The SMILES string of the molecule is CCOc1ncccc1-c1ccc(OC2CC3(C2)CN(c2ccc(F)cc2C#N)C3)c(C(=O)NCC2CCC(O)C2)n1. The van der Waals surface area contributed by atoms with Crippen LogP contribution in [0.5, 0.6) is 11.6 Å². The highest BCUT2D eigenvalue weighted by atomic mass is 19.1. The van der Waals surface area contributed by atoms with E-state index < -0.39 is 5.82 Å². The Morgan fingerprint density at radius 1 is 1.24 bits per heavy atom. The van der Waals surface area contributed by atoms with Crippen LogP contribution in [-0.4, -0.2) is 59.4 Å². The van der Waals surface area contributed by atoms with Crippen LogP contribution in [0.3, 0.4) is 0 Å². The fraction of sp³-hybridized carbons (Fsp3) is 0.438. The van der Waals surface area contributed by atoms with Crippen molar-refractivity contribution >= 4 is 11.6 Å². The van der Waals surface area contributed by atoms with Gasteiger partial charge in [-0.25, -0.2) is 14.4 Å². The van der Waals surface area contributed by atoms with Gasteiger partial charge in [0.1, 0.15) is 18.0 Å². The molecule has 2 atom stereocenters. The van der Waals surface area contributed by atoms with Crippen molar-refractivity contribution in [1.29, 1.82) is 5.26 Å². The quantitative estimate of drug-likeness (QED) is 0.386. The number of rotatable bonds is 9. The van der Waals surface area contributed by atoms with Gasteiger partial charge in [0.15, 0.2) is 11.4 Å². The molecule has 3 aromatic rings. The first-order valence-corrected chi connectivity index (χ1v) is 14.5. The number of aromatic nitrogens is 2. The molecule has 1 amide bonds. The van der Waals surface area contributed by atoms with E-state index in [9.17, 15) is 19.6 Å². The molecule has 1 aromatic carbocycles. The predicted octanol–water partition coefficient (Wildman–Crippen LogP) is 4.49. The lowest BCUT2D eigenvalue weighted by molar-refractivity contribution is -0.0344. The van der Waals surface area contributed by atoms with Crippen LogP contribution in [0.15, 0.2) is 48.7 Å². The van der Waals surface area contributed by atoms with Gasteiger partial charge < -0.3 is 24.8 Å². The Kier molecular flexibility index (Phi) is 7.69. The standard InChI is InChI=1S/C32H34FN5O4/c1-2-41-31-25(4-3-11-35-31)26-8-10-28(29(37-26)30(40)36-17-20-5-7-23(39)12-20)42-24-14-32(15-24)18-38(19-32)27-9-6-22(33)13-21(27)16-34/h3-4,6,8-11,13,20,23-24,39H,2,5,7,12,14-15,17-19H2,1H3,(H,36,40). The molecule has 1 spiro atoms. The Morgan fingerprint density at radius 3 is 2.81 bits per heavy atom. The molecule has 218 valence electrons. The maximum Gasteiger partial charge on any atom is 0.273 e. The maximum absolute atomic E-state index is 13.6. The van der Waals surface area contributed by atoms with Crippen LogP contribution in [0.4, 0.5) is 10.1 Å². The van der Waals surface area contributed by atoms with E-state index in [-0.39, 0.29) is 35.1 Å². The molecule has 2 aliphatic carbocycles. The molecule has 3 fully saturated rings. The third-order valence-corrected chi connectivity index (χ3v) is 8.55. The molecule has 3 heterocycles. The molecule has 10 heteroatoms.